The van der Waals surface area contributed by atoms with E-state index in [4.69, 9.17) is 9.26 Å². The number of nitrogens with one attached hydrogen (secondary N) is 1. The number of carbonyl (C=O) groups is 1. The molecule has 0 spiro atoms. The number of carbonyl (C=O) groups excluding carboxylic acids is 1. The molecular weight excluding hydrogens is 578 g/mol. The van der Waals surface area contributed by atoms with Gasteiger partial charge in [-0.1, -0.05) is 11.2 Å². The molecule has 192 valence electrons. The first-order valence-electron chi connectivity index (χ1n) is 11.9. The summed E-state index contributed by atoms with van der Waals surface area (Å²) in [5, 5.41) is 6.68. The summed E-state index contributed by atoms with van der Waals surface area (Å²) in [6, 6.07) is 3.48. The van der Waals surface area contributed by atoms with Crippen LogP contribution in [0.25, 0.3) is 0 Å². The fourth-order valence-electron chi connectivity index (χ4n) is 4.68. The SMILES string of the molecule is O=C(Cc1noc(I)n1)NC1CCC(F)(CCN2CCc3ccc(OCC(F)F)nc3CC2)CC1. The highest BCUT2D eigenvalue weighted by Gasteiger charge is 2.36. The van der Waals surface area contributed by atoms with Gasteiger partial charge >= 0.3 is 0 Å². The molecule has 1 aliphatic heterocycles. The number of halogens is 4. The predicted molar refractivity (Wildman–Crippen MR) is 129 cm³/mol. The van der Waals surface area contributed by atoms with Crippen LogP contribution in [0.4, 0.5) is 13.2 Å². The Kier molecular flexibility index (Phi) is 8.84. The summed E-state index contributed by atoms with van der Waals surface area (Å²) in [7, 11) is 0. The Morgan fingerprint density at radius 3 is 2.74 bits per heavy atom. The molecule has 0 atom stereocenters. The van der Waals surface area contributed by atoms with Crippen LogP contribution in [0.1, 0.15) is 49.2 Å². The number of fused-ring (bicyclic) bond motifs is 1. The van der Waals surface area contributed by atoms with E-state index in [-0.39, 0.29) is 24.2 Å². The Labute approximate surface area is 215 Å². The third kappa shape index (κ3) is 7.76. The fourth-order valence-corrected chi connectivity index (χ4v) is 5.05. The van der Waals surface area contributed by atoms with Crippen molar-refractivity contribution in [1.82, 2.24) is 25.3 Å². The molecule has 1 saturated carbocycles. The Morgan fingerprint density at radius 1 is 1.26 bits per heavy atom. The zero-order valence-corrected chi connectivity index (χ0v) is 21.5. The number of pyridine rings is 1. The van der Waals surface area contributed by atoms with Gasteiger partial charge in [-0.3, -0.25) is 4.79 Å². The highest BCUT2D eigenvalue weighted by atomic mass is 127. The number of hydrogen-bond donors (Lipinski definition) is 1. The minimum absolute atomic E-state index is 0.0439. The number of alkyl halides is 3. The molecule has 2 aromatic heterocycles. The molecule has 12 heteroatoms. The fraction of sp³-hybridized carbons (Fsp3) is 0.652. The van der Waals surface area contributed by atoms with E-state index in [2.05, 4.69) is 25.3 Å². The quantitative estimate of drug-likeness (QED) is 0.437. The van der Waals surface area contributed by atoms with Crippen molar-refractivity contribution >= 4 is 28.5 Å². The van der Waals surface area contributed by atoms with Crippen LogP contribution in [0.5, 0.6) is 5.88 Å². The third-order valence-corrected chi connectivity index (χ3v) is 7.09. The minimum atomic E-state index is -2.54. The Bertz CT molecular complexity index is 1000. The van der Waals surface area contributed by atoms with E-state index in [1.165, 1.54) is 0 Å². The van der Waals surface area contributed by atoms with E-state index in [9.17, 15) is 13.6 Å². The lowest BCUT2D eigenvalue weighted by molar-refractivity contribution is -0.121. The van der Waals surface area contributed by atoms with Gasteiger partial charge in [0.15, 0.2) is 12.4 Å². The molecule has 0 bridgehead atoms. The molecule has 1 amide bonds. The lowest BCUT2D eigenvalue weighted by Crippen LogP contribution is -2.43. The number of nitrogens with zero attached hydrogens (tertiary/aromatic N) is 4. The molecule has 0 aromatic carbocycles. The lowest BCUT2D eigenvalue weighted by Gasteiger charge is -2.35. The van der Waals surface area contributed by atoms with E-state index in [0.29, 0.717) is 54.8 Å². The van der Waals surface area contributed by atoms with Crippen LogP contribution < -0.4 is 10.1 Å². The molecule has 4 rings (SSSR count). The maximum atomic E-state index is 15.5. The molecule has 35 heavy (non-hydrogen) atoms. The summed E-state index contributed by atoms with van der Waals surface area (Å²) in [5.74, 6) is 0.379. The topological polar surface area (TPSA) is 93.4 Å². The molecule has 1 fully saturated rings. The molecule has 8 nitrogen and oxygen atoms in total. The smallest absolute Gasteiger partial charge is 0.287 e. The molecule has 0 unspecified atom stereocenters. The van der Waals surface area contributed by atoms with Gasteiger partial charge in [-0.2, -0.15) is 4.98 Å². The van der Waals surface area contributed by atoms with Crippen LogP contribution in [0.15, 0.2) is 16.7 Å². The second kappa shape index (κ2) is 11.8. The van der Waals surface area contributed by atoms with Gasteiger partial charge in [-0.15, -0.1) is 0 Å². The molecular formula is C23H29F3IN5O3. The minimum Gasteiger partial charge on any atom is -0.472 e. The third-order valence-electron chi connectivity index (χ3n) is 6.65. The van der Waals surface area contributed by atoms with Crippen molar-refractivity contribution < 1.29 is 27.2 Å². The van der Waals surface area contributed by atoms with Crippen LogP contribution in [0.2, 0.25) is 0 Å². The highest BCUT2D eigenvalue weighted by Crippen LogP contribution is 2.35. The van der Waals surface area contributed by atoms with E-state index >= 15 is 4.39 Å². The maximum Gasteiger partial charge on any atom is 0.287 e. The summed E-state index contributed by atoms with van der Waals surface area (Å²) >= 11 is 1.89. The zero-order chi connectivity index (χ0) is 24.8. The van der Waals surface area contributed by atoms with Crippen molar-refractivity contribution in [2.45, 2.75) is 69.5 Å². The first-order chi connectivity index (χ1) is 16.8. The van der Waals surface area contributed by atoms with Gasteiger partial charge in [-0.05, 0) is 44.1 Å². The Morgan fingerprint density at radius 2 is 2.03 bits per heavy atom. The Hall–Kier alpha value is -1.96. The molecule has 3 heterocycles. The van der Waals surface area contributed by atoms with Crippen molar-refractivity contribution in [3.05, 3.63) is 33.1 Å². The Balaban J connectivity index is 1.19. The lowest BCUT2D eigenvalue weighted by atomic mass is 9.81. The van der Waals surface area contributed by atoms with Crippen LogP contribution in [0, 0.1) is 3.90 Å². The number of hydrogen-bond acceptors (Lipinski definition) is 7. The molecule has 2 aromatic rings. The average molecular weight is 607 g/mol. The average Bonchev–Trinajstić information content (AvgIpc) is 3.12. The molecule has 1 aliphatic carbocycles. The van der Waals surface area contributed by atoms with Gasteiger partial charge in [0.25, 0.3) is 10.3 Å². The van der Waals surface area contributed by atoms with E-state index in [0.717, 1.165) is 30.8 Å². The first-order valence-corrected chi connectivity index (χ1v) is 12.9. The van der Waals surface area contributed by atoms with Crippen LogP contribution >= 0.6 is 22.6 Å². The van der Waals surface area contributed by atoms with Crippen molar-refractivity contribution in [3.63, 3.8) is 0 Å². The summed E-state index contributed by atoms with van der Waals surface area (Å²) in [6.45, 7) is 1.52. The van der Waals surface area contributed by atoms with Gasteiger partial charge in [0.05, 0.1) is 6.42 Å². The number of amides is 1. The highest BCUT2D eigenvalue weighted by molar-refractivity contribution is 14.1. The largest absolute Gasteiger partial charge is 0.472 e. The zero-order valence-electron chi connectivity index (χ0n) is 19.3. The number of rotatable bonds is 9. The molecule has 0 saturated heterocycles. The summed E-state index contributed by atoms with van der Waals surface area (Å²) < 4.78 is 50.6. The van der Waals surface area contributed by atoms with Gasteiger partial charge < -0.3 is 19.5 Å². The van der Waals surface area contributed by atoms with Crippen LogP contribution in [-0.4, -0.2) is 70.3 Å². The first kappa shape index (κ1) is 26.1. The normalized spacial score (nSPS) is 23.1. The second-order valence-corrected chi connectivity index (χ2v) is 10.1. The summed E-state index contributed by atoms with van der Waals surface area (Å²) in [5.41, 5.74) is 0.707. The molecule has 2 aliphatic rings. The van der Waals surface area contributed by atoms with E-state index < -0.39 is 18.7 Å². The summed E-state index contributed by atoms with van der Waals surface area (Å²) in [6.07, 6.45) is 1.45. The van der Waals surface area contributed by atoms with Gasteiger partial charge in [0.2, 0.25) is 11.8 Å². The van der Waals surface area contributed by atoms with E-state index in [1.54, 1.807) is 6.07 Å². The molecule has 1 N–H and O–H groups in total. The summed E-state index contributed by atoms with van der Waals surface area (Å²) in [4.78, 5) is 22.9. The predicted octanol–water partition coefficient (Wildman–Crippen LogP) is 3.51. The maximum absolute atomic E-state index is 15.5. The van der Waals surface area contributed by atoms with E-state index in [1.807, 2.05) is 28.7 Å². The van der Waals surface area contributed by atoms with Gasteiger partial charge in [0.1, 0.15) is 5.67 Å². The van der Waals surface area contributed by atoms with Crippen molar-refractivity contribution in [2.75, 3.05) is 26.2 Å². The monoisotopic (exact) mass is 607 g/mol. The van der Waals surface area contributed by atoms with Gasteiger partial charge in [-0.25, -0.2) is 18.2 Å². The number of aromatic nitrogens is 3. The van der Waals surface area contributed by atoms with Gasteiger partial charge in [0, 0.05) is 66.4 Å². The van der Waals surface area contributed by atoms with Crippen molar-refractivity contribution in [3.8, 4) is 5.88 Å². The standard InChI is InChI=1S/C23H29F3IN5O3/c24-18(25)14-34-21-2-1-15-5-10-32(11-6-17(15)29-21)12-9-23(26)7-3-16(4-8-23)28-20(33)13-19-30-22(27)35-31-19/h1-2,16,18H,3-14H2,(H,28,33). The van der Waals surface area contributed by atoms with Crippen LogP contribution in [-0.2, 0) is 24.1 Å². The molecule has 0 radical (unpaired) electrons. The van der Waals surface area contributed by atoms with Crippen molar-refractivity contribution in [2.24, 2.45) is 0 Å². The van der Waals surface area contributed by atoms with Crippen molar-refractivity contribution in [1.29, 1.82) is 0 Å². The number of ether oxygens (including phenoxy) is 1. The second-order valence-electron chi connectivity index (χ2n) is 9.18. The van der Waals surface area contributed by atoms with Crippen LogP contribution in [0.3, 0.4) is 0 Å².